The molecule has 3 aromatic rings. The van der Waals surface area contributed by atoms with E-state index in [2.05, 4.69) is 0 Å². The van der Waals surface area contributed by atoms with Crippen LogP contribution < -0.4 is 0 Å². The number of hydrogen-bond donors (Lipinski definition) is 1. The van der Waals surface area contributed by atoms with Gasteiger partial charge in [0.2, 0.25) is 5.78 Å². The number of halogens is 1. The molecule has 27 heavy (non-hydrogen) atoms. The monoisotopic (exact) mass is 367 g/mol. The molecule has 5 nitrogen and oxygen atoms in total. The van der Waals surface area contributed by atoms with E-state index in [-0.39, 0.29) is 11.3 Å². The summed E-state index contributed by atoms with van der Waals surface area (Å²) in [7, 11) is 0. The molecule has 2 aromatic carbocycles. The Kier molecular flexibility index (Phi) is 5.07. The number of phenolic OH excluding ortho intramolecular Hbond substituents is 1. The minimum Gasteiger partial charge on any atom is -0.507 e. The highest BCUT2D eigenvalue weighted by Gasteiger charge is 2.20. The number of carbonyl (C=O) groups is 2. The fourth-order valence-corrected chi connectivity index (χ4v) is 2.98. The van der Waals surface area contributed by atoms with Gasteiger partial charge in [-0.3, -0.25) is 4.79 Å². The largest absolute Gasteiger partial charge is 0.507 e. The first-order valence-corrected chi connectivity index (χ1v) is 8.32. The van der Waals surface area contributed by atoms with E-state index in [0.717, 1.165) is 0 Å². The molecule has 0 fully saturated rings. The van der Waals surface area contributed by atoms with Crippen molar-refractivity contribution < 1.29 is 23.8 Å². The van der Waals surface area contributed by atoms with Crippen molar-refractivity contribution in [2.75, 3.05) is 6.61 Å². The summed E-state index contributed by atoms with van der Waals surface area (Å²) in [6.45, 7) is 3.00. The molecule has 0 spiro atoms. The minimum absolute atomic E-state index is 0.0119. The number of aromatic nitrogens is 1. The normalized spacial score (nSPS) is 10.6. The van der Waals surface area contributed by atoms with Gasteiger partial charge in [0.05, 0.1) is 5.69 Å². The van der Waals surface area contributed by atoms with Gasteiger partial charge in [-0.25, -0.2) is 9.18 Å². The Hall–Kier alpha value is -3.41. The van der Waals surface area contributed by atoms with Crippen LogP contribution in [-0.4, -0.2) is 28.0 Å². The van der Waals surface area contributed by atoms with E-state index < -0.39 is 24.2 Å². The second kappa shape index (κ2) is 7.45. The Labute approximate surface area is 155 Å². The van der Waals surface area contributed by atoms with E-state index in [1.54, 1.807) is 54.8 Å². The van der Waals surface area contributed by atoms with Crippen LogP contribution in [0.4, 0.5) is 4.39 Å². The summed E-state index contributed by atoms with van der Waals surface area (Å²) < 4.78 is 20.8. The van der Waals surface area contributed by atoms with Crippen LogP contribution in [0.2, 0.25) is 0 Å². The summed E-state index contributed by atoms with van der Waals surface area (Å²) in [5, 5.41) is 9.67. The zero-order valence-corrected chi connectivity index (χ0v) is 14.9. The number of Topliss-reactive ketones (excluding diaryl/α,β-unsaturated/α-hetero) is 1. The first-order valence-electron chi connectivity index (χ1n) is 8.32. The predicted octanol–water partition coefficient (Wildman–Crippen LogP) is 3.98. The van der Waals surface area contributed by atoms with Gasteiger partial charge >= 0.3 is 5.97 Å². The summed E-state index contributed by atoms with van der Waals surface area (Å²) in [6.07, 6.45) is 0. The van der Waals surface area contributed by atoms with Crippen LogP contribution in [0.25, 0.3) is 5.69 Å². The molecule has 0 bridgehead atoms. The number of benzene rings is 2. The van der Waals surface area contributed by atoms with Gasteiger partial charge in [0, 0.05) is 17.0 Å². The number of para-hydroxylation sites is 2. The molecule has 1 aromatic heterocycles. The van der Waals surface area contributed by atoms with Gasteiger partial charge in [0.1, 0.15) is 17.1 Å². The predicted molar refractivity (Wildman–Crippen MR) is 97.9 cm³/mol. The van der Waals surface area contributed by atoms with Crippen LogP contribution >= 0.6 is 0 Å². The van der Waals surface area contributed by atoms with Crippen LogP contribution in [0, 0.1) is 19.7 Å². The lowest BCUT2D eigenvalue weighted by Gasteiger charge is -2.11. The van der Waals surface area contributed by atoms with Crippen molar-refractivity contribution in [3.8, 4) is 11.4 Å². The quantitative estimate of drug-likeness (QED) is 0.547. The molecule has 0 saturated carbocycles. The molecule has 0 radical (unpaired) electrons. The maximum atomic E-state index is 14.1. The van der Waals surface area contributed by atoms with Crippen LogP contribution in [-0.2, 0) is 4.74 Å². The van der Waals surface area contributed by atoms with E-state index in [9.17, 15) is 19.1 Å². The Morgan fingerprint density at radius 1 is 1.04 bits per heavy atom. The van der Waals surface area contributed by atoms with Crippen molar-refractivity contribution in [2.45, 2.75) is 13.8 Å². The van der Waals surface area contributed by atoms with E-state index >= 15 is 0 Å². The third-order valence-corrected chi connectivity index (χ3v) is 4.28. The van der Waals surface area contributed by atoms with Gasteiger partial charge < -0.3 is 14.4 Å². The lowest BCUT2D eigenvalue weighted by molar-refractivity contribution is 0.0471. The molecule has 0 amide bonds. The molecule has 3 rings (SSSR count). The SMILES string of the molecule is Cc1cc(C(=O)COC(=O)c2ccccc2O)c(C)n1-c1ccccc1F. The minimum atomic E-state index is -0.788. The number of hydrogen-bond acceptors (Lipinski definition) is 4. The summed E-state index contributed by atoms with van der Waals surface area (Å²) in [6, 6.07) is 13.9. The summed E-state index contributed by atoms with van der Waals surface area (Å²) in [5.74, 6) is -1.81. The number of nitrogens with zero attached hydrogens (tertiary/aromatic N) is 1. The third kappa shape index (κ3) is 3.60. The van der Waals surface area contributed by atoms with Gasteiger partial charge in [-0.2, -0.15) is 0 Å². The summed E-state index contributed by atoms with van der Waals surface area (Å²) >= 11 is 0. The molecular formula is C21H18FNO4. The molecule has 1 N–H and O–H groups in total. The number of ether oxygens (including phenoxy) is 1. The number of aromatic hydroxyl groups is 1. The lowest BCUT2D eigenvalue weighted by atomic mass is 10.1. The van der Waals surface area contributed by atoms with Crippen LogP contribution in [0.5, 0.6) is 5.75 Å². The van der Waals surface area contributed by atoms with Gasteiger partial charge in [-0.15, -0.1) is 0 Å². The van der Waals surface area contributed by atoms with Gasteiger partial charge in [-0.05, 0) is 44.2 Å². The smallest absolute Gasteiger partial charge is 0.342 e. The molecule has 6 heteroatoms. The number of esters is 1. The van der Waals surface area contributed by atoms with Gasteiger partial charge in [-0.1, -0.05) is 24.3 Å². The maximum Gasteiger partial charge on any atom is 0.342 e. The first kappa shape index (κ1) is 18.4. The van der Waals surface area contributed by atoms with Crippen molar-refractivity contribution in [3.63, 3.8) is 0 Å². The molecule has 1 heterocycles. The molecule has 0 saturated heterocycles. The van der Waals surface area contributed by atoms with Gasteiger partial charge in [0.15, 0.2) is 6.61 Å². The van der Waals surface area contributed by atoms with E-state index in [1.807, 2.05) is 0 Å². The lowest BCUT2D eigenvalue weighted by Crippen LogP contribution is -2.15. The van der Waals surface area contributed by atoms with E-state index in [4.69, 9.17) is 4.74 Å². The van der Waals surface area contributed by atoms with Gasteiger partial charge in [0.25, 0.3) is 0 Å². The van der Waals surface area contributed by atoms with Crippen molar-refractivity contribution in [1.29, 1.82) is 0 Å². The Bertz CT molecular complexity index is 1020. The van der Waals surface area contributed by atoms with Crippen molar-refractivity contribution >= 4 is 11.8 Å². The van der Waals surface area contributed by atoms with Crippen LogP contribution in [0.1, 0.15) is 32.1 Å². The Morgan fingerprint density at radius 2 is 1.70 bits per heavy atom. The van der Waals surface area contributed by atoms with Crippen molar-refractivity contribution in [3.05, 3.63) is 82.9 Å². The molecule has 0 aliphatic heterocycles. The van der Waals surface area contributed by atoms with E-state index in [0.29, 0.717) is 22.6 Å². The molecule has 0 aliphatic rings. The second-order valence-corrected chi connectivity index (χ2v) is 6.09. The molecule has 0 aliphatic carbocycles. The number of ketones is 1. The fraction of sp³-hybridized carbons (Fsp3) is 0.143. The Balaban J connectivity index is 1.80. The average Bonchev–Trinajstić information content (AvgIpc) is 2.95. The topological polar surface area (TPSA) is 68.5 Å². The fourth-order valence-electron chi connectivity index (χ4n) is 2.98. The van der Waals surface area contributed by atoms with E-state index in [1.165, 1.54) is 18.2 Å². The second-order valence-electron chi connectivity index (χ2n) is 6.09. The highest BCUT2D eigenvalue weighted by atomic mass is 19.1. The zero-order chi connectivity index (χ0) is 19.6. The van der Waals surface area contributed by atoms with Crippen molar-refractivity contribution in [2.24, 2.45) is 0 Å². The van der Waals surface area contributed by atoms with Crippen LogP contribution in [0.15, 0.2) is 54.6 Å². The zero-order valence-electron chi connectivity index (χ0n) is 14.9. The molecular weight excluding hydrogens is 349 g/mol. The number of carbonyl (C=O) groups excluding carboxylic acids is 2. The third-order valence-electron chi connectivity index (χ3n) is 4.28. The number of rotatable bonds is 5. The summed E-state index contributed by atoms with van der Waals surface area (Å²) in [5.41, 5.74) is 1.93. The molecule has 138 valence electrons. The van der Waals surface area contributed by atoms with Crippen LogP contribution in [0.3, 0.4) is 0 Å². The Morgan fingerprint density at radius 3 is 2.41 bits per heavy atom. The summed E-state index contributed by atoms with van der Waals surface area (Å²) in [4.78, 5) is 24.6. The number of aryl methyl sites for hydroxylation is 1. The number of phenols is 1. The highest BCUT2D eigenvalue weighted by molar-refractivity contribution is 6.01. The molecule has 0 atom stereocenters. The average molecular weight is 367 g/mol. The highest BCUT2D eigenvalue weighted by Crippen LogP contribution is 2.23. The first-order chi connectivity index (χ1) is 12.9. The van der Waals surface area contributed by atoms with Crippen molar-refractivity contribution in [1.82, 2.24) is 4.57 Å². The standard InChI is InChI=1S/C21H18FNO4/c1-13-11-16(14(2)23(13)18-9-5-4-8-17(18)22)20(25)12-27-21(26)15-7-3-6-10-19(15)24/h3-11,24H,12H2,1-2H3. The molecule has 0 unspecified atom stereocenters. The maximum absolute atomic E-state index is 14.1.